The Balaban J connectivity index is 1.91. The van der Waals surface area contributed by atoms with Gasteiger partial charge in [0.05, 0.1) is 12.2 Å². The van der Waals surface area contributed by atoms with Crippen LogP contribution in [0.2, 0.25) is 5.02 Å². The van der Waals surface area contributed by atoms with Crippen LogP contribution in [0.15, 0.2) is 36.4 Å². The van der Waals surface area contributed by atoms with E-state index in [1.165, 1.54) is 18.2 Å². The summed E-state index contributed by atoms with van der Waals surface area (Å²) in [6.45, 7) is 1.57. The van der Waals surface area contributed by atoms with E-state index >= 15 is 0 Å². The molecule has 3 nitrogen and oxygen atoms in total. The maximum atomic E-state index is 13.6. The highest BCUT2D eigenvalue weighted by Crippen LogP contribution is 2.19. The second-order valence-electron chi connectivity index (χ2n) is 4.95. The molecule has 2 aromatic carbocycles. The van der Waals surface area contributed by atoms with Gasteiger partial charge in [0, 0.05) is 11.1 Å². The van der Waals surface area contributed by atoms with E-state index in [4.69, 9.17) is 11.6 Å². The van der Waals surface area contributed by atoms with E-state index in [2.05, 4.69) is 10.6 Å². The fourth-order valence-electron chi connectivity index (χ4n) is 1.93. The number of carbonyl (C=O) groups excluding carboxylic acids is 1. The molecule has 0 heterocycles. The van der Waals surface area contributed by atoms with Gasteiger partial charge in [-0.1, -0.05) is 17.7 Å². The summed E-state index contributed by atoms with van der Waals surface area (Å²) in [5, 5.41) is 5.47. The molecule has 0 aliphatic rings. The zero-order valence-corrected chi connectivity index (χ0v) is 12.9. The van der Waals surface area contributed by atoms with Crippen molar-refractivity contribution in [3.63, 3.8) is 0 Å². The molecule has 0 fully saturated rings. The lowest BCUT2D eigenvalue weighted by molar-refractivity contribution is -0.115. The largest absolute Gasteiger partial charge is 0.322 e. The second kappa shape index (κ2) is 7.48. The summed E-state index contributed by atoms with van der Waals surface area (Å²) in [5.41, 5.74) is 0.510. The lowest BCUT2D eigenvalue weighted by Gasteiger charge is -2.14. The third kappa shape index (κ3) is 4.71. The smallest absolute Gasteiger partial charge is 0.238 e. The van der Waals surface area contributed by atoms with E-state index in [0.29, 0.717) is 5.56 Å². The molecule has 0 saturated heterocycles. The molecule has 1 atom stereocenters. The molecule has 0 bridgehead atoms. The number of nitrogens with one attached hydrogen (secondary N) is 2. The van der Waals surface area contributed by atoms with Gasteiger partial charge in [-0.3, -0.25) is 4.79 Å². The molecule has 0 radical (unpaired) electrons. The molecular formula is C16H14ClF3N2O. The number of benzene rings is 2. The van der Waals surface area contributed by atoms with Crippen molar-refractivity contribution in [2.75, 3.05) is 11.9 Å². The van der Waals surface area contributed by atoms with Crippen LogP contribution < -0.4 is 10.6 Å². The Bertz CT molecular complexity index is 724. The first kappa shape index (κ1) is 17.3. The van der Waals surface area contributed by atoms with Crippen LogP contribution in [0.3, 0.4) is 0 Å². The quantitative estimate of drug-likeness (QED) is 0.860. The van der Waals surface area contributed by atoms with Crippen molar-refractivity contribution < 1.29 is 18.0 Å². The van der Waals surface area contributed by atoms with Crippen molar-refractivity contribution in [2.24, 2.45) is 0 Å². The SMILES string of the molecule is C[C@H](NCC(=O)Nc1ccc(Cl)cc1F)c1ccc(F)c(F)c1. The van der Waals surface area contributed by atoms with Gasteiger partial charge in [-0.05, 0) is 42.8 Å². The van der Waals surface area contributed by atoms with Gasteiger partial charge in [-0.15, -0.1) is 0 Å². The molecule has 2 rings (SSSR count). The molecule has 122 valence electrons. The Morgan fingerprint density at radius 3 is 2.48 bits per heavy atom. The van der Waals surface area contributed by atoms with Crippen molar-refractivity contribution in [2.45, 2.75) is 13.0 Å². The van der Waals surface area contributed by atoms with Crippen LogP contribution in [0.25, 0.3) is 0 Å². The predicted molar refractivity (Wildman–Crippen MR) is 82.8 cm³/mol. The molecule has 0 unspecified atom stereocenters. The normalized spacial score (nSPS) is 12.0. The number of halogens is 4. The summed E-state index contributed by atoms with van der Waals surface area (Å²) in [6.07, 6.45) is 0. The summed E-state index contributed by atoms with van der Waals surface area (Å²) >= 11 is 5.63. The van der Waals surface area contributed by atoms with E-state index in [-0.39, 0.29) is 23.3 Å². The fourth-order valence-corrected chi connectivity index (χ4v) is 2.09. The van der Waals surface area contributed by atoms with Gasteiger partial charge in [0.1, 0.15) is 5.82 Å². The summed E-state index contributed by atoms with van der Waals surface area (Å²) in [4.78, 5) is 11.8. The zero-order chi connectivity index (χ0) is 17.0. The molecule has 0 aliphatic heterocycles. The Morgan fingerprint density at radius 2 is 1.83 bits per heavy atom. The van der Waals surface area contributed by atoms with Gasteiger partial charge in [-0.25, -0.2) is 13.2 Å². The van der Waals surface area contributed by atoms with Crippen molar-refractivity contribution >= 4 is 23.2 Å². The first-order valence-corrected chi connectivity index (χ1v) is 7.18. The van der Waals surface area contributed by atoms with Crippen LogP contribution in [0.4, 0.5) is 18.9 Å². The molecule has 2 aromatic rings. The Hall–Kier alpha value is -2.05. The lowest BCUT2D eigenvalue weighted by atomic mass is 10.1. The zero-order valence-electron chi connectivity index (χ0n) is 12.2. The lowest BCUT2D eigenvalue weighted by Crippen LogP contribution is -2.30. The monoisotopic (exact) mass is 342 g/mol. The van der Waals surface area contributed by atoms with Crippen LogP contribution in [-0.2, 0) is 4.79 Å². The van der Waals surface area contributed by atoms with E-state index in [1.54, 1.807) is 6.92 Å². The average Bonchev–Trinajstić information content (AvgIpc) is 2.50. The number of carbonyl (C=O) groups is 1. The molecule has 1 amide bonds. The van der Waals surface area contributed by atoms with Crippen LogP contribution in [0, 0.1) is 17.5 Å². The summed E-state index contributed by atoms with van der Waals surface area (Å²) in [5.74, 6) is -3.00. The first-order chi connectivity index (χ1) is 10.9. The maximum absolute atomic E-state index is 13.6. The molecule has 0 saturated carbocycles. The van der Waals surface area contributed by atoms with Gasteiger partial charge in [-0.2, -0.15) is 0 Å². The predicted octanol–water partition coefficient (Wildman–Crippen LogP) is 4.05. The van der Waals surface area contributed by atoms with Crippen LogP contribution >= 0.6 is 11.6 Å². The summed E-state index contributed by atoms with van der Waals surface area (Å²) < 4.78 is 39.6. The first-order valence-electron chi connectivity index (χ1n) is 6.80. The summed E-state index contributed by atoms with van der Waals surface area (Å²) in [6, 6.07) is 7.02. The Morgan fingerprint density at radius 1 is 1.09 bits per heavy atom. The fraction of sp³-hybridized carbons (Fsp3) is 0.188. The third-order valence-electron chi connectivity index (χ3n) is 3.22. The molecule has 0 aliphatic carbocycles. The second-order valence-corrected chi connectivity index (χ2v) is 5.38. The van der Waals surface area contributed by atoms with Crippen molar-refractivity contribution in [1.82, 2.24) is 5.32 Å². The van der Waals surface area contributed by atoms with Gasteiger partial charge >= 0.3 is 0 Å². The average molecular weight is 343 g/mol. The van der Waals surface area contributed by atoms with E-state index in [0.717, 1.165) is 18.2 Å². The Labute approximate surface area is 136 Å². The molecule has 0 aromatic heterocycles. The number of rotatable bonds is 5. The van der Waals surface area contributed by atoms with Crippen LogP contribution in [-0.4, -0.2) is 12.5 Å². The van der Waals surface area contributed by atoms with Gasteiger partial charge < -0.3 is 10.6 Å². The topological polar surface area (TPSA) is 41.1 Å². The van der Waals surface area contributed by atoms with Gasteiger partial charge in [0.15, 0.2) is 11.6 Å². The number of hydrogen-bond acceptors (Lipinski definition) is 2. The van der Waals surface area contributed by atoms with Crippen LogP contribution in [0.1, 0.15) is 18.5 Å². The standard InChI is InChI=1S/C16H14ClF3N2O/c1-9(10-2-4-12(18)13(19)6-10)21-8-16(23)22-15-5-3-11(17)7-14(15)20/h2-7,9,21H,8H2,1H3,(H,22,23)/t9-/m0/s1. The van der Waals surface area contributed by atoms with E-state index in [9.17, 15) is 18.0 Å². The number of amides is 1. The van der Waals surface area contributed by atoms with Crippen molar-refractivity contribution in [3.8, 4) is 0 Å². The van der Waals surface area contributed by atoms with E-state index < -0.39 is 23.4 Å². The van der Waals surface area contributed by atoms with Crippen molar-refractivity contribution in [3.05, 3.63) is 64.4 Å². The van der Waals surface area contributed by atoms with Gasteiger partial charge in [0.2, 0.25) is 5.91 Å². The number of hydrogen-bond donors (Lipinski definition) is 2. The maximum Gasteiger partial charge on any atom is 0.238 e. The highest BCUT2D eigenvalue weighted by molar-refractivity contribution is 6.30. The van der Waals surface area contributed by atoms with E-state index in [1.807, 2.05) is 0 Å². The van der Waals surface area contributed by atoms with Gasteiger partial charge in [0.25, 0.3) is 0 Å². The number of anilines is 1. The minimum absolute atomic E-state index is 0.0154. The van der Waals surface area contributed by atoms with Crippen molar-refractivity contribution in [1.29, 1.82) is 0 Å². The molecule has 2 N–H and O–H groups in total. The minimum Gasteiger partial charge on any atom is -0.322 e. The third-order valence-corrected chi connectivity index (χ3v) is 3.45. The highest BCUT2D eigenvalue weighted by atomic mass is 35.5. The molecule has 7 heteroatoms. The highest BCUT2D eigenvalue weighted by Gasteiger charge is 2.12. The Kier molecular flexibility index (Phi) is 5.63. The van der Waals surface area contributed by atoms with Crippen LogP contribution in [0.5, 0.6) is 0 Å². The molecular weight excluding hydrogens is 329 g/mol. The minimum atomic E-state index is -0.955. The summed E-state index contributed by atoms with van der Waals surface area (Å²) in [7, 11) is 0. The molecule has 23 heavy (non-hydrogen) atoms. The molecule has 0 spiro atoms.